The molecule has 0 aliphatic rings. The predicted octanol–water partition coefficient (Wildman–Crippen LogP) is 4.02. The van der Waals surface area contributed by atoms with Gasteiger partial charge in [-0.3, -0.25) is 0 Å². The fourth-order valence-electron chi connectivity index (χ4n) is 2.05. The van der Waals surface area contributed by atoms with Crippen LogP contribution in [-0.2, 0) is 22.4 Å². The van der Waals surface area contributed by atoms with Gasteiger partial charge in [0.05, 0.1) is 0 Å². The van der Waals surface area contributed by atoms with E-state index in [0.29, 0.717) is 9.79 Å². The highest BCUT2D eigenvalue weighted by atomic mass is 32.2. The van der Waals surface area contributed by atoms with E-state index in [1.54, 1.807) is 24.3 Å². The fraction of sp³-hybridized carbons (Fsp3) is 0. The highest BCUT2D eigenvalue weighted by Crippen LogP contribution is 2.25. The van der Waals surface area contributed by atoms with Gasteiger partial charge >= 0.3 is 0 Å². The molecule has 3 aromatic rings. The summed E-state index contributed by atoms with van der Waals surface area (Å²) >= 11 is -2.42. The van der Waals surface area contributed by atoms with Gasteiger partial charge < -0.3 is 9.11 Å². The Hall–Kier alpha value is -1.72. The summed E-state index contributed by atoms with van der Waals surface area (Å²) in [4.78, 5) is 2.94. The van der Waals surface area contributed by atoms with Crippen molar-refractivity contribution in [3.8, 4) is 0 Å². The van der Waals surface area contributed by atoms with Gasteiger partial charge in [0.2, 0.25) is 0 Å². The number of hydrogen-bond acceptors (Lipinski definition) is 2. The zero-order chi connectivity index (χ0) is 15.4. The SMILES string of the molecule is [O-][S+](c1ccccc1)c1ccc([S+]([O-])c2ccccc2)cc1. The third-order valence-corrected chi connectivity index (χ3v) is 5.97. The molecule has 0 radical (unpaired) electrons. The first-order chi connectivity index (χ1) is 10.8. The van der Waals surface area contributed by atoms with Crippen molar-refractivity contribution in [2.24, 2.45) is 0 Å². The van der Waals surface area contributed by atoms with E-state index in [-0.39, 0.29) is 0 Å². The van der Waals surface area contributed by atoms with Gasteiger partial charge in [-0.1, -0.05) is 36.4 Å². The van der Waals surface area contributed by atoms with Gasteiger partial charge in [0, 0.05) is 22.4 Å². The Morgan fingerprint density at radius 1 is 0.409 bits per heavy atom. The van der Waals surface area contributed by atoms with Crippen molar-refractivity contribution in [2.75, 3.05) is 0 Å². The van der Waals surface area contributed by atoms with Crippen LogP contribution in [0.25, 0.3) is 0 Å². The van der Waals surface area contributed by atoms with Crippen LogP contribution < -0.4 is 0 Å². The van der Waals surface area contributed by atoms with Crippen molar-refractivity contribution in [1.82, 2.24) is 0 Å². The average molecular weight is 326 g/mol. The van der Waals surface area contributed by atoms with Gasteiger partial charge in [-0.15, -0.1) is 0 Å². The van der Waals surface area contributed by atoms with Gasteiger partial charge in [-0.25, -0.2) is 0 Å². The van der Waals surface area contributed by atoms with Crippen LogP contribution in [-0.4, -0.2) is 9.11 Å². The van der Waals surface area contributed by atoms with E-state index in [0.717, 1.165) is 9.79 Å². The van der Waals surface area contributed by atoms with Crippen molar-refractivity contribution >= 4 is 22.4 Å². The highest BCUT2D eigenvalue weighted by Gasteiger charge is 2.18. The first-order valence-electron chi connectivity index (χ1n) is 6.79. The smallest absolute Gasteiger partial charge is 0.158 e. The van der Waals surface area contributed by atoms with Gasteiger partial charge in [0.15, 0.2) is 19.6 Å². The van der Waals surface area contributed by atoms with Crippen molar-refractivity contribution in [2.45, 2.75) is 19.6 Å². The molecule has 0 aliphatic heterocycles. The van der Waals surface area contributed by atoms with Crippen LogP contribution in [0.4, 0.5) is 0 Å². The third-order valence-electron chi connectivity index (χ3n) is 3.17. The second-order valence-electron chi connectivity index (χ2n) is 4.63. The molecule has 0 heterocycles. The van der Waals surface area contributed by atoms with Crippen LogP contribution in [0.3, 0.4) is 0 Å². The molecule has 0 aliphatic carbocycles. The van der Waals surface area contributed by atoms with E-state index < -0.39 is 22.4 Å². The molecule has 0 fully saturated rings. The molecule has 2 nitrogen and oxygen atoms in total. The Labute approximate surface area is 136 Å². The molecule has 0 aromatic heterocycles. The largest absolute Gasteiger partial charge is 0.606 e. The monoisotopic (exact) mass is 326 g/mol. The topological polar surface area (TPSA) is 46.1 Å². The predicted molar refractivity (Wildman–Crippen MR) is 88.7 cm³/mol. The fourth-order valence-corrected chi connectivity index (χ4v) is 4.17. The summed E-state index contributed by atoms with van der Waals surface area (Å²) in [6.07, 6.45) is 0. The Kier molecular flexibility index (Phi) is 4.85. The summed E-state index contributed by atoms with van der Waals surface area (Å²) < 4.78 is 24.9. The summed E-state index contributed by atoms with van der Waals surface area (Å²) in [6.45, 7) is 0. The summed E-state index contributed by atoms with van der Waals surface area (Å²) in [5.74, 6) is 0. The maximum Gasteiger partial charge on any atom is 0.158 e. The van der Waals surface area contributed by atoms with E-state index in [4.69, 9.17) is 0 Å². The Balaban J connectivity index is 1.81. The molecular weight excluding hydrogens is 312 g/mol. The molecule has 0 N–H and O–H groups in total. The molecule has 2 atom stereocenters. The van der Waals surface area contributed by atoms with Crippen LogP contribution in [0.2, 0.25) is 0 Å². The molecular formula is C18H14O2S2. The van der Waals surface area contributed by atoms with Crippen LogP contribution in [0.5, 0.6) is 0 Å². The van der Waals surface area contributed by atoms with E-state index in [1.807, 2.05) is 60.7 Å². The lowest BCUT2D eigenvalue weighted by molar-refractivity contribution is 0.592. The van der Waals surface area contributed by atoms with Crippen LogP contribution in [0, 0.1) is 0 Å². The van der Waals surface area contributed by atoms with Crippen molar-refractivity contribution in [3.05, 3.63) is 84.9 Å². The molecule has 2 unspecified atom stereocenters. The van der Waals surface area contributed by atoms with E-state index in [1.165, 1.54) is 0 Å². The molecule has 110 valence electrons. The Bertz CT molecular complexity index is 651. The van der Waals surface area contributed by atoms with Crippen molar-refractivity contribution < 1.29 is 9.11 Å². The summed E-state index contributed by atoms with van der Waals surface area (Å²) in [7, 11) is 0. The van der Waals surface area contributed by atoms with Crippen molar-refractivity contribution in [3.63, 3.8) is 0 Å². The minimum atomic E-state index is -1.21. The molecule has 0 bridgehead atoms. The summed E-state index contributed by atoms with van der Waals surface area (Å²) in [5.41, 5.74) is 0. The minimum Gasteiger partial charge on any atom is -0.606 e. The molecule has 0 saturated carbocycles. The standard InChI is InChI=1S/C18H14O2S2/c19-21(15-7-3-1-4-8-15)17-11-13-18(14-12-17)22(20)16-9-5-2-6-10-16/h1-14H. The van der Waals surface area contributed by atoms with Crippen LogP contribution >= 0.6 is 0 Å². The van der Waals surface area contributed by atoms with E-state index in [2.05, 4.69) is 0 Å². The lowest BCUT2D eigenvalue weighted by Gasteiger charge is -2.12. The van der Waals surface area contributed by atoms with E-state index >= 15 is 0 Å². The normalized spacial score (nSPS) is 13.5. The number of rotatable bonds is 4. The maximum absolute atomic E-state index is 12.4. The third kappa shape index (κ3) is 3.36. The maximum atomic E-state index is 12.4. The second-order valence-corrected chi connectivity index (χ2v) is 7.60. The van der Waals surface area contributed by atoms with Gasteiger partial charge in [0.25, 0.3) is 0 Å². The molecule has 3 aromatic carbocycles. The molecule has 0 amide bonds. The first-order valence-corrected chi connectivity index (χ1v) is 9.09. The Morgan fingerprint density at radius 3 is 1.00 bits per heavy atom. The average Bonchev–Trinajstić information content (AvgIpc) is 2.62. The molecule has 22 heavy (non-hydrogen) atoms. The lowest BCUT2D eigenvalue weighted by Crippen LogP contribution is -2.04. The van der Waals surface area contributed by atoms with Gasteiger partial charge in [-0.05, 0) is 48.5 Å². The van der Waals surface area contributed by atoms with Crippen molar-refractivity contribution in [1.29, 1.82) is 0 Å². The zero-order valence-electron chi connectivity index (χ0n) is 11.7. The summed E-state index contributed by atoms with van der Waals surface area (Å²) in [6, 6.07) is 25.7. The van der Waals surface area contributed by atoms with Gasteiger partial charge in [-0.2, -0.15) is 0 Å². The molecule has 4 heteroatoms. The Morgan fingerprint density at radius 2 is 0.682 bits per heavy atom. The molecule has 3 rings (SSSR count). The van der Waals surface area contributed by atoms with Crippen LogP contribution in [0.15, 0.2) is 105 Å². The second kappa shape index (κ2) is 7.03. The zero-order valence-corrected chi connectivity index (χ0v) is 13.3. The number of hydrogen-bond donors (Lipinski definition) is 0. The molecule has 0 saturated heterocycles. The summed E-state index contributed by atoms with van der Waals surface area (Å²) in [5, 5.41) is 0. The first kappa shape index (κ1) is 15.2. The lowest BCUT2D eigenvalue weighted by atomic mass is 10.4. The van der Waals surface area contributed by atoms with Gasteiger partial charge in [0.1, 0.15) is 0 Å². The highest BCUT2D eigenvalue weighted by molar-refractivity contribution is 7.92. The van der Waals surface area contributed by atoms with Crippen LogP contribution in [0.1, 0.15) is 0 Å². The minimum absolute atomic E-state index is 0.708. The van der Waals surface area contributed by atoms with E-state index in [9.17, 15) is 9.11 Å². The quantitative estimate of drug-likeness (QED) is 0.680. The number of benzene rings is 3. The molecule has 0 spiro atoms.